The fraction of sp³-hybridized carbons (Fsp3) is 0.120. The van der Waals surface area contributed by atoms with Gasteiger partial charge in [0.15, 0.2) is 11.5 Å². The largest absolute Gasteiger partial charge is 0.493 e. The normalized spacial score (nSPS) is 10.4. The van der Waals surface area contributed by atoms with Gasteiger partial charge in [0.25, 0.3) is 10.1 Å². The Hall–Kier alpha value is -5.11. The number of hydrogen-bond donors (Lipinski definition) is 3. The summed E-state index contributed by atoms with van der Waals surface area (Å²) >= 11 is 0. The summed E-state index contributed by atoms with van der Waals surface area (Å²) < 4.78 is 43.1. The van der Waals surface area contributed by atoms with Gasteiger partial charge in [0, 0.05) is 17.1 Å². The van der Waals surface area contributed by atoms with Crippen LogP contribution in [-0.2, 0) is 10.1 Å². The molecule has 4 aromatic rings. The molecule has 13 heteroatoms. The number of anilines is 3. The van der Waals surface area contributed by atoms with E-state index >= 15 is 0 Å². The molecule has 0 spiro atoms. The second-order valence-electron chi connectivity index (χ2n) is 7.59. The van der Waals surface area contributed by atoms with Gasteiger partial charge in [0.05, 0.1) is 43.7 Å². The summed E-state index contributed by atoms with van der Waals surface area (Å²) in [4.78, 5) is 8.57. The van der Waals surface area contributed by atoms with Crippen molar-refractivity contribution in [1.82, 2.24) is 9.97 Å². The van der Waals surface area contributed by atoms with Gasteiger partial charge in [-0.2, -0.15) is 28.9 Å². The Balaban J connectivity index is 0.000000732. The van der Waals surface area contributed by atoms with Crippen molar-refractivity contribution in [1.29, 1.82) is 10.5 Å². The fourth-order valence-electron chi connectivity index (χ4n) is 3.26. The highest BCUT2D eigenvalue weighted by molar-refractivity contribution is 7.85. The van der Waals surface area contributed by atoms with Crippen molar-refractivity contribution < 1.29 is 27.2 Å². The molecule has 0 saturated carbocycles. The topological polar surface area (TPSA) is 193 Å². The average Bonchev–Trinajstić information content (AvgIpc) is 2.87. The van der Waals surface area contributed by atoms with Crippen LogP contribution in [0.3, 0.4) is 0 Å². The third kappa shape index (κ3) is 7.20. The van der Waals surface area contributed by atoms with Crippen molar-refractivity contribution in [2.45, 2.75) is 0 Å². The molecule has 0 aliphatic rings. The van der Waals surface area contributed by atoms with E-state index in [0.717, 1.165) is 10.8 Å². The van der Waals surface area contributed by atoms with Crippen molar-refractivity contribution >= 4 is 38.3 Å². The molecule has 38 heavy (non-hydrogen) atoms. The van der Waals surface area contributed by atoms with Crippen LogP contribution >= 0.6 is 0 Å². The minimum Gasteiger partial charge on any atom is -0.493 e. The summed E-state index contributed by atoms with van der Waals surface area (Å²) in [6.07, 6.45) is 0.715. The minimum absolute atomic E-state index is 0.170. The number of nitrogens with zero attached hydrogens (tertiary/aromatic N) is 4. The molecule has 4 N–H and O–H groups in total. The van der Waals surface area contributed by atoms with Crippen LogP contribution in [0.2, 0.25) is 0 Å². The van der Waals surface area contributed by atoms with Crippen LogP contribution in [0.5, 0.6) is 23.1 Å². The van der Waals surface area contributed by atoms with E-state index in [9.17, 15) is 13.7 Å². The zero-order valence-electron chi connectivity index (χ0n) is 20.5. The second-order valence-corrected chi connectivity index (χ2v) is 9.06. The van der Waals surface area contributed by atoms with E-state index in [0.29, 0.717) is 40.3 Å². The summed E-state index contributed by atoms with van der Waals surface area (Å²) in [5, 5.41) is 22.7. The van der Waals surface area contributed by atoms with Crippen LogP contribution in [-0.4, -0.2) is 43.4 Å². The van der Waals surface area contributed by atoms with Crippen LogP contribution < -0.4 is 25.3 Å². The lowest BCUT2D eigenvalue weighted by Crippen LogP contribution is -2.03. The molecular formula is C25H22N6O6S. The Morgan fingerprint density at radius 1 is 0.921 bits per heavy atom. The third-order valence-electron chi connectivity index (χ3n) is 4.77. The number of nitriles is 2. The number of benzene rings is 3. The van der Waals surface area contributed by atoms with Gasteiger partial charge >= 0.3 is 0 Å². The maximum absolute atomic E-state index is 9.20. The van der Waals surface area contributed by atoms with Gasteiger partial charge in [-0.15, -0.1) is 0 Å². The smallest absolute Gasteiger partial charge is 0.261 e. The van der Waals surface area contributed by atoms with E-state index in [1.54, 1.807) is 48.5 Å². The highest BCUT2D eigenvalue weighted by atomic mass is 32.2. The summed E-state index contributed by atoms with van der Waals surface area (Å²) in [5.74, 6) is 1.70. The number of nitrogens with two attached hydrogens (primary N) is 1. The van der Waals surface area contributed by atoms with Crippen LogP contribution in [0.4, 0.5) is 17.5 Å². The Labute approximate surface area is 218 Å². The standard InChI is InChI=1S/C24H18N6O3.CH4O3S/c1-31-19-10-16-9-15(13-26)5-8-18(16)22(32-2)23(19)33-21-11-20(27)29-24(30-21)28-17-6-3-14(12-25)4-7-17;1-5(2,3)4/h3-11H,1-2H3,(H3,27,28,29,30);1H3,(H,2,3,4). The number of ether oxygens (including phenoxy) is 3. The zero-order valence-corrected chi connectivity index (χ0v) is 21.3. The van der Waals surface area contributed by atoms with E-state index < -0.39 is 10.1 Å². The van der Waals surface area contributed by atoms with Crippen LogP contribution in [0, 0.1) is 22.7 Å². The molecule has 0 radical (unpaired) electrons. The van der Waals surface area contributed by atoms with Gasteiger partial charge < -0.3 is 25.3 Å². The van der Waals surface area contributed by atoms with Gasteiger partial charge in [-0.1, -0.05) is 0 Å². The molecular weight excluding hydrogens is 512 g/mol. The maximum Gasteiger partial charge on any atom is 0.261 e. The van der Waals surface area contributed by atoms with Crippen molar-refractivity contribution in [3.8, 4) is 35.3 Å². The Morgan fingerprint density at radius 3 is 2.13 bits per heavy atom. The Morgan fingerprint density at radius 2 is 1.55 bits per heavy atom. The molecule has 194 valence electrons. The average molecular weight is 535 g/mol. The molecule has 0 aliphatic heterocycles. The first-order chi connectivity index (χ1) is 18.0. The molecule has 0 amide bonds. The van der Waals surface area contributed by atoms with Crippen LogP contribution in [0.1, 0.15) is 11.1 Å². The molecule has 0 saturated heterocycles. The van der Waals surface area contributed by atoms with E-state index in [4.69, 9.17) is 29.8 Å². The number of fused-ring (bicyclic) bond motifs is 1. The summed E-state index contributed by atoms with van der Waals surface area (Å²) in [5.41, 5.74) is 7.70. The van der Waals surface area contributed by atoms with Gasteiger partial charge in [-0.25, -0.2) is 0 Å². The van der Waals surface area contributed by atoms with Crippen LogP contribution in [0.15, 0.2) is 54.6 Å². The first-order valence-electron chi connectivity index (χ1n) is 10.7. The Kier molecular flexibility index (Phi) is 8.50. The molecule has 0 aliphatic carbocycles. The molecule has 0 fully saturated rings. The monoisotopic (exact) mass is 534 g/mol. The number of methoxy groups -OCH3 is 2. The second kappa shape index (κ2) is 11.7. The number of rotatable bonds is 6. The summed E-state index contributed by atoms with van der Waals surface area (Å²) in [7, 11) is -0.640. The van der Waals surface area contributed by atoms with Gasteiger partial charge in [-0.3, -0.25) is 4.55 Å². The van der Waals surface area contributed by atoms with E-state index in [2.05, 4.69) is 27.4 Å². The number of nitrogens with one attached hydrogen (secondary N) is 1. The predicted molar refractivity (Wildman–Crippen MR) is 140 cm³/mol. The maximum atomic E-state index is 9.20. The highest BCUT2D eigenvalue weighted by Crippen LogP contribution is 2.45. The minimum atomic E-state index is -3.67. The SMILES string of the molecule is COc1cc2cc(C#N)ccc2c(OC)c1Oc1cc(N)nc(Nc2ccc(C#N)cc2)n1.CS(=O)(=O)O. The summed E-state index contributed by atoms with van der Waals surface area (Å²) in [6.45, 7) is 0. The number of nitrogen functional groups attached to an aromatic ring is 1. The molecule has 3 aromatic carbocycles. The van der Waals surface area contributed by atoms with Crippen molar-refractivity contribution in [3.05, 3.63) is 65.7 Å². The molecule has 12 nitrogen and oxygen atoms in total. The predicted octanol–water partition coefficient (Wildman–Crippen LogP) is 4.01. The molecule has 1 aromatic heterocycles. The fourth-order valence-corrected chi connectivity index (χ4v) is 3.26. The van der Waals surface area contributed by atoms with Crippen molar-refractivity contribution in [2.24, 2.45) is 0 Å². The van der Waals surface area contributed by atoms with Gasteiger partial charge in [-0.05, 0) is 53.9 Å². The van der Waals surface area contributed by atoms with Gasteiger partial charge in [0.2, 0.25) is 17.6 Å². The number of aromatic nitrogens is 2. The first-order valence-corrected chi connectivity index (χ1v) is 12.5. The molecule has 0 atom stereocenters. The molecule has 4 rings (SSSR count). The lowest BCUT2D eigenvalue weighted by atomic mass is 10.1. The highest BCUT2D eigenvalue weighted by Gasteiger charge is 2.19. The first kappa shape index (κ1) is 27.5. The molecule has 0 unspecified atom stereocenters. The van der Waals surface area contributed by atoms with Gasteiger partial charge in [0.1, 0.15) is 5.82 Å². The lowest BCUT2D eigenvalue weighted by molar-refractivity contribution is 0.345. The van der Waals surface area contributed by atoms with E-state index in [-0.39, 0.29) is 17.6 Å². The lowest BCUT2D eigenvalue weighted by Gasteiger charge is -2.16. The molecule has 0 bridgehead atoms. The van der Waals surface area contributed by atoms with E-state index in [1.165, 1.54) is 20.3 Å². The third-order valence-corrected chi connectivity index (χ3v) is 4.77. The summed E-state index contributed by atoms with van der Waals surface area (Å²) in [6, 6.07) is 19.5. The Bertz CT molecular complexity index is 1650. The quantitative estimate of drug-likeness (QED) is 0.301. The van der Waals surface area contributed by atoms with Crippen molar-refractivity contribution in [2.75, 3.05) is 31.5 Å². The van der Waals surface area contributed by atoms with Crippen LogP contribution in [0.25, 0.3) is 10.8 Å². The molecule has 1 heterocycles. The zero-order chi connectivity index (χ0) is 27.9. The number of hydrogen-bond acceptors (Lipinski definition) is 11. The van der Waals surface area contributed by atoms with Crippen molar-refractivity contribution in [3.63, 3.8) is 0 Å². The van der Waals surface area contributed by atoms with E-state index in [1.807, 2.05) is 0 Å².